The predicted octanol–water partition coefficient (Wildman–Crippen LogP) is 2.51. The van der Waals surface area contributed by atoms with Crippen LogP contribution in [0.15, 0.2) is 76.2 Å². The molecular formula is C21H18F2N2O5S. The standard InChI is InChI=1S/C21H18F2N2O5S/c22-15-7-9-16(10-8-15)31(28,29)19(18-6-3-11-30-18)13-25-21(27)20(26)24-12-14-4-1-2-5-17(14)23/h1-11,19H,12-13H2,(H,24,26)(H,25,27). The highest BCUT2D eigenvalue weighted by Crippen LogP contribution is 2.29. The van der Waals surface area contributed by atoms with Crippen molar-refractivity contribution in [1.82, 2.24) is 10.6 Å². The van der Waals surface area contributed by atoms with Crippen LogP contribution in [0.25, 0.3) is 0 Å². The molecule has 1 heterocycles. The minimum Gasteiger partial charge on any atom is -0.468 e. The third kappa shape index (κ3) is 5.34. The second-order valence-electron chi connectivity index (χ2n) is 6.49. The number of rotatable bonds is 7. The lowest BCUT2D eigenvalue weighted by molar-refractivity contribution is -0.139. The molecule has 0 bridgehead atoms. The van der Waals surface area contributed by atoms with Gasteiger partial charge in [0.1, 0.15) is 22.6 Å². The Labute approximate surface area is 177 Å². The monoisotopic (exact) mass is 448 g/mol. The number of nitrogens with one attached hydrogen (secondary N) is 2. The molecule has 10 heteroatoms. The minimum absolute atomic E-state index is 0.0383. The smallest absolute Gasteiger partial charge is 0.309 e. The Morgan fingerprint density at radius 3 is 2.23 bits per heavy atom. The molecule has 162 valence electrons. The van der Waals surface area contributed by atoms with Gasteiger partial charge in [0.05, 0.1) is 11.2 Å². The van der Waals surface area contributed by atoms with E-state index >= 15 is 0 Å². The van der Waals surface area contributed by atoms with E-state index in [4.69, 9.17) is 4.42 Å². The molecule has 3 rings (SSSR count). The molecule has 7 nitrogen and oxygen atoms in total. The number of benzene rings is 2. The van der Waals surface area contributed by atoms with Gasteiger partial charge in [-0.2, -0.15) is 0 Å². The van der Waals surface area contributed by atoms with Gasteiger partial charge >= 0.3 is 11.8 Å². The second kappa shape index (κ2) is 9.52. The van der Waals surface area contributed by atoms with Crippen LogP contribution in [-0.4, -0.2) is 26.8 Å². The van der Waals surface area contributed by atoms with Gasteiger partial charge in [0.2, 0.25) is 0 Å². The summed E-state index contributed by atoms with van der Waals surface area (Å²) in [5.74, 6) is -3.25. The summed E-state index contributed by atoms with van der Waals surface area (Å²) in [5, 5.41) is 3.17. The van der Waals surface area contributed by atoms with E-state index in [0.29, 0.717) is 0 Å². The Morgan fingerprint density at radius 2 is 1.58 bits per heavy atom. The average molecular weight is 448 g/mol. The summed E-state index contributed by atoms with van der Waals surface area (Å²) in [6.45, 7) is -0.687. The van der Waals surface area contributed by atoms with E-state index < -0.39 is 45.1 Å². The van der Waals surface area contributed by atoms with Crippen molar-refractivity contribution in [1.29, 1.82) is 0 Å². The van der Waals surface area contributed by atoms with E-state index in [2.05, 4.69) is 10.6 Å². The third-order valence-corrected chi connectivity index (χ3v) is 6.51. The number of carbonyl (C=O) groups is 2. The van der Waals surface area contributed by atoms with Crippen LogP contribution < -0.4 is 10.6 Å². The maximum atomic E-state index is 13.6. The van der Waals surface area contributed by atoms with E-state index in [1.807, 2.05) is 0 Å². The van der Waals surface area contributed by atoms with Gasteiger partial charge in [0, 0.05) is 18.7 Å². The summed E-state index contributed by atoms with van der Waals surface area (Å²) < 4.78 is 58.0. The number of hydrogen-bond donors (Lipinski definition) is 2. The quantitative estimate of drug-likeness (QED) is 0.427. The summed E-state index contributed by atoms with van der Waals surface area (Å²) in [4.78, 5) is 24.0. The van der Waals surface area contributed by atoms with Crippen molar-refractivity contribution in [3.8, 4) is 0 Å². The van der Waals surface area contributed by atoms with Crippen LogP contribution in [-0.2, 0) is 26.0 Å². The zero-order chi connectivity index (χ0) is 22.4. The highest BCUT2D eigenvalue weighted by atomic mass is 32.2. The third-order valence-electron chi connectivity index (χ3n) is 4.43. The van der Waals surface area contributed by atoms with E-state index in [-0.39, 0.29) is 22.8 Å². The number of hydrogen-bond acceptors (Lipinski definition) is 5. The summed E-state index contributed by atoms with van der Waals surface area (Å²) >= 11 is 0. The molecule has 0 aliphatic carbocycles. The van der Waals surface area contributed by atoms with Crippen molar-refractivity contribution in [3.05, 3.63) is 89.9 Å². The van der Waals surface area contributed by atoms with E-state index in [1.165, 1.54) is 36.6 Å². The summed E-state index contributed by atoms with van der Waals surface area (Å²) in [5.41, 5.74) is 0.191. The van der Waals surface area contributed by atoms with Crippen LogP contribution in [0, 0.1) is 11.6 Å². The molecule has 3 aromatic rings. The van der Waals surface area contributed by atoms with Crippen molar-refractivity contribution >= 4 is 21.7 Å². The fourth-order valence-electron chi connectivity index (χ4n) is 2.79. The maximum absolute atomic E-state index is 13.6. The largest absolute Gasteiger partial charge is 0.468 e. The molecule has 1 aromatic heterocycles. The lowest BCUT2D eigenvalue weighted by Crippen LogP contribution is -2.42. The minimum atomic E-state index is -4.08. The van der Waals surface area contributed by atoms with Gasteiger partial charge in [-0.05, 0) is 42.5 Å². The number of halogens is 2. The zero-order valence-corrected chi connectivity index (χ0v) is 16.9. The van der Waals surface area contributed by atoms with Crippen LogP contribution in [0.2, 0.25) is 0 Å². The van der Waals surface area contributed by atoms with Crippen molar-refractivity contribution in [2.45, 2.75) is 16.7 Å². The summed E-state index contributed by atoms with van der Waals surface area (Å²) in [7, 11) is -4.08. The molecule has 0 fully saturated rings. The molecular weight excluding hydrogens is 430 g/mol. The van der Waals surface area contributed by atoms with Gasteiger partial charge in [-0.3, -0.25) is 9.59 Å². The van der Waals surface area contributed by atoms with Crippen LogP contribution in [0.3, 0.4) is 0 Å². The van der Waals surface area contributed by atoms with Crippen LogP contribution in [0.5, 0.6) is 0 Å². The van der Waals surface area contributed by atoms with Gasteiger partial charge < -0.3 is 15.1 Å². The lowest BCUT2D eigenvalue weighted by Gasteiger charge is -2.16. The fraction of sp³-hybridized carbons (Fsp3) is 0.143. The lowest BCUT2D eigenvalue weighted by atomic mass is 10.2. The van der Waals surface area contributed by atoms with Crippen molar-refractivity contribution in [2.24, 2.45) is 0 Å². The first-order valence-corrected chi connectivity index (χ1v) is 10.7. The molecule has 2 amide bonds. The first-order chi connectivity index (χ1) is 14.8. The van der Waals surface area contributed by atoms with E-state index in [1.54, 1.807) is 6.07 Å². The normalized spacial score (nSPS) is 12.2. The topological polar surface area (TPSA) is 105 Å². The fourth-order valence-corrected chi connectivity index (χ4v) is 4.38. The van der Waals surface area contributed by atoms with Gasteiger partial charge in [-0.15, -0.1) is 0 Å². The molecule has 0 aliphatic heterocycles. The number of furan rings is 1. The van der Waals surface area contributed by atoms with Crippen molar-refractivity contribution in [2.75, 3.05) is 6.54 Å². The Hall–Kier alpha value is -3.53. The predicted molar refractivity (Wildman–Crippen MR) is 106 cm³/mol. The molecule has 2 N–H and O–H groups in total. The molecule has 0 spiro atoms. The van der Waals surface area contributed by atoms with Crippen LogP contribution >= 0.6 is 0 Å². The van der Waals surface area contributed by atoms with Crippen molar-refractivity contribution < 1.29 is 31.2 Å². The summed E-state index contributed by atoms with van der Waals surface area (Å²) in [6, 6.07) is 12.8. The molecule has 1 unspecified atom stereocenters. The Morgan fingerprint density at radius 1 is 0.903 bits per heavy atom. The molecule has 0 radical (unpaired) electrons. The van der Waals surface area contributed by atoms with Gasteiger partial charge in [0.15, 0.2) is 9.84 Å². The van der Waals surface area contributed by atoms with Crippen LogP contribution in [0.1, 0.15) is 16.6 Å². The Kier molecular flexibility index (Phi) is 6.81. The van der Waals surface area contributed by atoms with E-state index in [9.17, 15) is 26.8 Å². The van der Waals surface area contributed by atoms with Gasteiger partial charge in [0.25, 0.3) is 0 Å². The molecule has 0 saturated carbocycles. The van der Waals surface area contributed by atoms with E-state index in [0.717, 1.165) is 24.3 Å². The zero-order valence-electron chi connectivity index (χ0n) is 16.0. The Bertz CT molecular complexity index is 1160. The van der Waals surface area contributed by atoms with Gasteiger partial charge in [-0.25, -0.2) is 17.2 Å². The average Bonchev–Trinajstić information content (AvgIpc) is 3.27. The summed E-state index contributed by atoms with van der Waals surface area (Å²) in [6.07, 6.45) is 1.27. The first kappa shape index (κ1) is 22.2. The van der Waals surface area contributed by atoms with Crippen molar-refractivity contribution in [3.63, 3.8) is 0 Å². The maximum Gasteiger partial charge on any atom is 0.309 e. The van der Waals surface area contributed by atoms with Crippen LogP contribution in [0.4, 0.5) is 8.78 Å². The molecule has 2 aromatic carbocycles. The molecule has 1 atom stereocenters. The first-order valence-electron chi connectivity index (χ1n) is 9.11. The number of sulfone groups is 1. The molecule has 0 saturated heterocycles. The second-order valence-corrected chi connectivity index (χ2v) is 8.62. The highest BCUT2D eigenvalue weighted by molar-refractivity contribution is 7.91. The highest BCUT2D eigenvalue weighted by Gasteiger charge is 2.32. The molecule has 0 aliphatic rings. The number of carbonyl (C=O) groups excluding carboxylic acids is 2. The van der Waals surface area contributed by atoms with Gasteiger partial charge in [-0.1, -0.05) is 18.2 Å². The Balaban J connectivity index is 1.69. The molecule has 31 heavy (non-hydrogen) atoms. The SMILES string of the molecule is O=C(NCc1ccccc1F)C(=O)NCC(c1ccco1)S(=O)(=O)c1ccc(F)cc1. The number of amides is 2.